The average Bonchev–Trinajstić information content (AvgIpc) is 3.29. The summed E-state index contributed by atoms with van der Waals surface area (Å²) in [5.41, 5.74) is 11.0. The van der Waals surface area contributed by atoms with Crippen molar-refractivity contribution < 1.29 is 0 Å². The van der Waals surface area contributed by atoms with E-state index in [1.165, 1.54) is 36.0 Å². The quantitative estimate of drug-likeness (QED) is 0.461. The molecule has 31 heavy (non-hydrogen) atoms. The third kappa shape index (κ3) is 9.72. The van der Waals surface area contributed by atoms with Crippen LogP contribution < -0.4 is 0 Å². The van der Waals surface area contributed by atoms with Gasteiger partial charge in [-0.15, -0.1) is 0 Å². The average molecular weight is 423 g/mol. The molecule has 0 bridgehead atoms. The standard InChI is InChI=1S/C13H18.C12H14.3C2H6/c1-9(2)11-8-7-10(3)12-5-4-6-13(11)12;1-9(2)11-7-5-6-8-12(11)10(3)4;3*1-2/h7-9H,4-6H2,1-3H3;5-8H,1,3H2,2,4H3;3*1-2H3. The van der Waals surface area contributed by atoms with Gasteiger partial charge >= 0.3 is 0 Å². The van der Waals surface area contributed by atoms with Crippen LogP contribution in [0.15, 0.2) is 49.6 Å². The van der Waals surface area contributed by atoms with Crippen LogP contribution in [0.2, 0.25) is 0 Å². The summed E-state index contributed by atoms with van der Waals surface area (Å²) >= 11 is 0. The molecule has 2 aromatic carbocycles. The monoisotopic (exact) mass is 422 g/mol. The molecule has 2 aromatic rings. The first kappa shape index (κ1) is 31.1. The number of hydrogen-bond donors (Lipinski definition) is 0. The van der Waals surface area contributed by atoms with E-state index < -0.39 is 0 Å². The molecule has 0 heterocycles. The van der Waals surface area contributed by atoms with Gasteiger partial charge in [0, 0.05) is 0 Å². The number of hydrogen-bond acceptors (Lipinski definition) is 0. The lowest BCUT2D eigenvalue weighted by Crippen LogP contribution is -1.97. The van der Waals surface area contributed by atoms with Gasteiger partial charge in [0.15, 0.2) is 0 Å². The van der Waals surface area contributed by atoms with Gasteiger partial charge in [0.1, 0.15) is 0 Å². The molecule has 0 saturated heterocycles. The van der Waals surface area contributed by atoms with E-state index in [0.29, 0.717) is 5.92 Å². The molecule has 0 unspecified atom stereocenters. The molecule has 1 aliphatic rings. The van der Waals surface area contributed by atoms with Crippen molar-refractivity contribution in [1.29, 1.82) is 0 Å². The van der Waals surface area contributed by atoms with Crippen LogP contribution in [0.1, 0.15) is 115 Å². The predicted molar refractivity (Wildman–Crippen MR) is 147 cm³/mol. The Balaban J connectivity index is 0. The SMILES string of the molecule is C=C(C)c1ccccc1C(=C)C.CC.CC.CC.Cc1ccc(C(C)C)c2c1CCC2. The van der Waals surface area contributed by atoms with Gasteiger partial charge in [-0.25, -0.2) is 0 Å². The molecule has 0 amide bonds. The Labute approximate surface area is 195 Å². The van der Waals surface area contributed by atoms with E-state index in [1.54, 1.807) is 16.7 Å². The molecule has 0 saturated carbocycles. The Hall–Kier alpha value is -2.08. The van der Waals surface area contributed by atoms with Crippen molar-refractivity contribution >= 4 is 11.1 Å². The van der Waals surface area contributed by atoms with Crippen molar-refractivity contribution in [2.75, 3.05) is 0 Å². The molecule has 0 fully saturated rings. The van der Waals surface area contributed by atoms with Crippen LogP contribution in [0.4, 0.5) is 0 Å². The van der Waals surface area contributed by atoms with Crippen LogP contribution in [-0.4, -0.2) is 0 Å². The van der Waals surface area contributed by atoms with E-state index in [2.05, 4.69) is 58.2 Å². The first-order valence-corrected chi connectivity index (χ1v) is 12.3. The normalized spacial score (nSPS) is 10.6. The van der Waals surface area contributed by atoms with Gasteiger partial charge in [-0.2, -0.15) is 0 Å². The summed E-state index contributed by atoms with van der Waals surface area (Å²) in [4.78, 5) is 0. The molecule has 1 aliphatic carbocycles. The zero-order chi connectivity index (χ0) is 24.6. The van der Waals surface area contributed by atoms with Crippen LogP contribution in [0.25, 0.3) is 11.1 Å². The Morgan fingerprint density at radius 2 is 1.13 bits per heavy atom. The summed E-state index contributed by atoms with van der Waals surface area (Å²) < 4.78 is 0. The lowest BCUT2D eigenvalue weighted by Gasteiger charge is -2.13. The lowest BCUT2D eigenvalue weighted by molar-refractivity contribution is 0.838. The summed E-state index contributed by atoms with van der Waals surface area (Å²) in [6.45, 7) is 30.7. The highest BCUT2D eigenvalue weighted by Crippen LogP contribution is 2.31. The maximum Gasteiger partial charge on any atom is -0.0158 e. The Morgan fingerprint density at radius 1 is 0.710 bits per heavy atom. The highest BCUT2D eigenvalue weighted by molar-refractivity contribution is 5.76. The molecule has 3 rings (SSSR count). The lowest BCUT2D eigenvalue weighted by atomic mass is 9.92. The highest BCUT2D eigenvalue weighted by atomic mass is 14.2. The number of benzene rings is 2. The molecule has 0 spiro atoms. The molecule has 0 N–H and O–H groups in total. The maximum atomic E-state index is 3.93. The van der Waals surface area contributed by atoms with Gasteiger partial charge in [0.25, 0.3) is 0 Å². The van der Waals surface area contributed by atoms with Crippen molar-refractivity contribution in [1.82, 2.24) is 0 Å². The Kier molecular flexibility index (Phi) is 17.6. The van der Waals surface area contributed by atoms with Crippen molar-refractivity contribution in [3.05, 3.63) is 82.9 Å². The number of allylic oxidation sites excluding steroid dienone is 2. The van der Waals surface area contributed by atoms with E-state index >= 15 is 0 Å². The fraction of sp³-hybridized carbons (Fsp3) is 0.484. The Bertz CT molecular complexity index is 742. The second-order valence-corrected chi connectivity index (χ2v) is 7.54. The van der Waals surface area contributed by atoms with Gasteiger partial charge in [-0.1, -0.05) is 116 Å². The van der Waals surface area contributed by atoms with Crippen molar-refractivity contribution in [2.45, 2.75) is 101 Å². The Morgan fingerprint density at radius 3 is 1.52 bits per heavy atom. The summed E-state index contributed by atoms with van der Waals surface area (Å²) in [5, 5.41) is 0. The van der Waals surface area contributed by atoms with Gasteiger partial charge in [-0.05, 0) is 79.3 Å². The minimum atomic E-state index is 0.687. The fourth-order valence-electron chi connectivity index (χ4n) is 3.68. The highest BCUT2D eigenvalue weighted by Gasteiger charge is 2.17. The first-order chi connectivity index (χ1) is 14.8. The molecular weight excluding hydrogens is 372 g/mol. The van der Waals surface area contributed by atoms with Gasteiger partial charge in [0.05, 0.1) is 0 Å². The van der Waals surface area contributed by atoms with Gasteiger partial charge in [-0.3, -0.25) is 0 Å². The fourth-order valence-corrected chi connectivity index (χ4v) is 3.68. The first-order valence-electron chi connectivity index (χ1n) is 12.3. The second-order valence-electron chi connectivity index (χ2n) is 7.54. The summed E-state index contributed by atoms with van der Waals surface area (Å²) in [5.74, 6) is 0.687. The van der Waals surface area contributed by atoms with Crippen molar-refractivity contribution in [2.24, 2.45) is 0 Å². The van der Waals surface area contributed by atoms with E-state index in [-0.39, 0.29) is 0 Å². The van der Waals surface area contributed by atoms with Crippen LogP contribution in [0.3, 0.4) is 0 Å². The van der Waals surface area contributed by atoms with Crippen LogP contribution in [0, 0.1) is 6.92 Å². The second kappa shape index (κ2) is 17.6. The predicted octanol–water partition coefficient (Wildman–Crippen LogP) is 10.4. The molecule has 0 atom stereocenters. The smallest absolute Gasteiger partial charge is 0.0158 e. The molecule has 0 aromatic heterocycles. The number of aryl methyl sites for hydroxylation is 1. The number of rotatable bonds is 3. The zero-order valence-corrected chi connectivity index (χ0v) is 22.6. The van der Waals surface area contributed by atoms with E-state index in [9.17, 15) is 0 Å². The maximum absolute atomic E-state index is 3.93. The van der Waals surface area contributed by atoms with Crippen molar-refractivity contribution in [3.8, 4) is 0 Å². The van der Waals surface area contributed by atoms with Crippen molar-refractivity contribution in [3.63, 3.8) is 0 Å². The summed E-state index contributed by atoms with van der Waals surface area (Å²) in [6, 6.07) is 12.8. The van der Waals surface area contributed by atoms with Crippen LogP contribution >= 0.6 is 0 Å². The largest absolute Gasteiger partial charge is 0.0955 e. The third-order valence-corrected chi connectivity index (χ3v) is 5.02. The van der Waals surface area contributed by atoms with E-state index in [4.69, 9.17) is 0 Å². The van der Waals surface area contributed by atoms with Gasteiger partial charge < -0.3 is 0 Å². The van der Waals surface area contributed by atoms with Crippen LogP contribution in [0.5, 0.6) is 0 Å². The molecule has 0 aliphatic heterocycles. The molecule has 0 nitrogen and oxygen atoms in total. The molecule has 0 radical (unpaired) electrons. The van der Waals surface area contributed by atoms with E-state index in [1.807, 2.05) is 67.5 Å². The summed E-state index contributed by atoms with van der Waals surface area (Å²) in [6.07, 6.45) is 3.98. The van der Waals surface area contributed by atoms with E-state index in [0.717, 1.165) is 11.1 Å². The molecule has 174 valence electrons. The minimum Gasteiger partial charge on any atom is -0.0955 e. The minimum absolute atomic E-state index is 0.687. The zero-order valence-electron chi connectivity index (χ0n) is 22.6. The van der Waals surface area contributed by atoms with Gasteiger partial charge in [0.2, 0.25) is 0 Å². The summed E-state index contributed by atoms with van der Waals surface area (Å²) in [7, 11) is 0. The number of fused-ring (bicyclic) bond motifs is 1. The topological polar surface area (TPSA) is 0 Å². The molecule has 0 heteroatoms. The third-order valence-electron chi connectivity index (χ3n) is 5.02. The van der Waals surface area contributed by atoms with Crippen LogP contribution in [-0.2, 0) is 12.8 Å². The molecular formula is C31H50.